The van der Waals surface area contributed by atoms with Crippen LogP contribution in [-0.2, 0) is 24.4 Å². The zero-order chi connectivity index (χ0) is 19.6. The molecule has 0 fully saturated rings. The Bertz CT molecular complexity index is 899. The zero-order valence-corrected chi connectivity index (χ0v) is 15.7. The quantitative estimate of drug-likeness (QED) is 0.453. The van der Waals surface area contributed by atoms with Gasteiger partial charge in [-0.2, -0.15) is 8.42 Å². The average Bonchev–Trinajstić information content (AvgIpc) is 2.86. The number of hydrogen-bond acceptors (Lipinski definition) is 7. The number of carbonyl (C=O) groups excluding carboxylic acids is 2. The highest BCUT2D eigenvalue weighted by Crippen LogP contribution is 2.34. The second kappa shape index (κ2) is 7.80. The summed E-state index contributed by atoms with van der Waals surface area (Å²) >= 11 is 11.8. The highest BCUT2D eigenvalue weighted by atomic mass is 35.5. The third kappa shape index (κ3) is 4.10. The number of rotatable bonds is 6. The van der Waals surface area contributed by atoms with Crippen molar-refractivity contribution in [3.05, 3.63) is 33.4 Å². The van der Waals surface area contributed by atoms with Crippen molar-refractivity contribution >= 4 is 50.9 Å². The van der Waals surface area contributed by atoms with Crippen molar-refractivity contribution in [2.75, 3.05) is 32.1 Å². The molecule has 1 heterocycles. The first-order valence-electron chi connectivity index (χ1n) is 7.05. The smallest absolute Gasteiger partial charge is 0.337 e. The summed E-state index contributed by atoms with van der Waals surface area (Å²) < 4.78 is 36.2. The van der Waals surface area contributed by atoms with Gasteiger partial charge < -0.3 is 20.1 Å². The maximum Gasteiger partial charge on any atom is 0.337 e. The van der Waals surface area contributed by atoms with E-state index >= 15 is 0 Å². The summed E-state index contributed by atoms with van der Waals surface area (Å²) in [6.45, 7) is -0.382. The number of aliphatic hydroxyl groups excluding tert-OH is 1. The number of β-amino-alcohol motifs (C(OH)–C–C–N with tert-alkyl or cyclic N) is 1. The molecule has 0 atom stereocenters. The fourth-order valence-corrected chi connectivity index (χ4v) is 3.61. The monoisotopic (exact) mass is 424 g/mol. The topological polar surface area (TPSA) is 133 Å². The van der Waals surface area contributed by atoms with Gasteiger partial charge in [0.05, 0.1) is 41.6 Å². The van der Waals surface area contributed by atoms with Crippen molar-refractivity contribution < 1.29 is 32.4 Å². The number of esters is 1. The lowest BCUT2D eigenvalue weighted by Crippen LogP contribution is -2.31. The van der Waals surface area contributed by atoms with E-state index < -0.39 is 26.9 Å². The molecule has 1 amide bonds. The highest BCUT2D eigenvalue weighted by molar-refractivity contribution is 7.86. The molecule has 0 radical (unpaired) electrons. The van der Waals surface area contributed by atoms with Crippen LogP contribution < -0.4 is 5.32 Å². The second-order valence-corrected chi connectivity index (χ2v) is 7.36. The van der Waals surface area contributed by atoms with Gasteiger partial charge in [0.1, 0.15) is 10.6 Å². The van der Waals surface area contributed by atoms with E-state index in [1.54, 1.807) is 0 Å². The lowest BCUT2D eigenvalue weighted by atomic mass is 10.2. The van der Waals surface area contributed by atoms with E-state index in [4.69, 9.17) is 32.9 Å². The number of halogens is 2. The first-order chi connectivity index (χ1) is 12.1. The molecule has 0 saturated heterocycles. The fourth-order valence-electron chi connectivity index (χ4n) is 2.31. The number of carbonyl (C=O) groups is 2. The number of ether oxygens (including phenoxy) is 1. The predicted molar refractivity (Wildman–Crippen MR) is 92.6 cm³/mol. The molecule has 0 aliphatic carbocycles. The normalized spacial score (nSPS) is 14.8. The molecule has 26 heavy (non-hydrogen) atoms. The Morgan fingerprint density at radius 1 is 1.35 bits per heavy atom. The highest BCUT2D eigenvalue weighted by Gasteiger charge is 2.35. The maximum atomic E-state index is 12.4. The molecule has 0 saturated carbocycles. The SMILES string of the molecule is COC(=O)C1=C(Nc2cc(Cl)c(S(=O)(=O)O)cc2Cl)C(=O)N(CCO)C1. The fraction of sp³-hybridized carbons (Fsp3) is 0.286. The molecule has 1 aliphatic rings. The Kier molecular flexibility index (Phi) is 6.14. The molecule has 2 rings (SSSR count). The lowest BCUT2D eigenvalue weighted by Gasteiger charge is -2.15. The molecule has 3 N–H and O–H groups in total. The molecule has 0 unspecified atom stereocenters. The van der Waals surface area contributed by atoms with Crippen LogP contribution in [0.5, 0.6) is 0 Å². The van der Waals surface area contributed by atoms with Crippen LogP contribution in [0, 0.1) is 0 Å². The Balaban J connectivity index is 2.46. The largest absolute Gasteiger partial charge is 0.466 e. The van der Waals surface area contributed by atoms with Crippen LogP contribution in [0.3, 0.4) is 0 Å². The van der Waals surface area contributed by atoms with Crippen LogP contribution in [0.25, 0.3) is 0 Å². The molecule has 0 aromatic heterocycles. The number of nitrogens with zero attached hydrogens (tertiary/aromatic N) is 1. The summed E-state index contributed by atoms with van der Waals surface area (Å²) in [5, 5.41) is 11.2. The molecular weight excluding hydrogens is 411 g/mol. The number of benzene rings is 1. The van der Waals surface area contributed by atoms with Gasteiger partial charge in [-0.1, -0.05) is 23.2 Å². The average molecular weight is 425 g/mol. The summed E-state index contributed by atoms with van der Waals surface area (Å²) in [5.74, 6) is -1.33. The predicted octanol–water partition coefficient (Wildman–Crippen LogP) is 0.914. The lowest BCUT2D eigenvalue weighted by molar-refractivity contribution is -0.136. The molecule has 1 aromatic carbocycles. The van der Waals surface area contributed by atoms with Gasteiger partial charge in [0.2, 0.25) is 0 Å². The standard InChI is InChI=1S/C14H14Cl2N2O7S/c1-25-14(21)7-6-18(2-3-19)13(20)12(7)17-10-4-9(16)11(5-8(10)15)26(22,23)24/h4-5,17,19H,2-3,6H2,1H3,(H,22,23,24). The Labute approximate surface area is 158 Å². The summed E-state index contributed by atoms with van der Waals surface area (Å²) in [4.78, 5) is 25.0. The van der Waals surface area contributed by atoms with E-state index in [2.05, 4.69) is 10.1 Å². The Morgan fingerprint density at radius 3 is 2.54 bits per heavy atom. The molecule has 12 heteroatoms. The molecule has 9 nitrogen and oxygen atoms in total. The molecule has 142 valence electrons. The van der Waals surface area contributed by atoms with Gasteiger partial charge in [-0.3, -0.25) is 9.35 Å². The first-order valence-corrected chi connectivity index (χ1v) is 9.25. The molecule has 1 aliphatic heterocycles. The van der Waals surface area contributed by atoms with Crippen LogP contribution in [0.4, 0.5) is 5.69 Å². The van der Waals surface area contributed by atoms with Gasteiger partial charge in [-0.15, -0.1) is 0 Å². The Hall–Kier alpha value is -1.85. The zero-order valence-electron chi connectivity index (χ0n) is 13.3. The van der Waals surface area contributed by atoms with Gasteiger partial charge in [0.15, 0.2) is 0 Å². The number of hydrogen-bond donors (Lipinski definition) is 3. The van der Waals surface area contributed by atoms with Gasteiger partial charge in [-0.05, 0) is 12.1 Å². The van der Waals surface area contributed by atoms with Crippen molar-refractivity contribution in [1.29, 1.82) is 0 Å². The number of methoxy groups -OCH3 is 1. The van der Waals surface area contributed by atoms with Crippen molar-refractivity contribution in [3.8, 4) is 0 Å². The number of nitrogens with one attached hydrogen (secondary N) is 1. The van der Waals surface area contributed by atoms with Crippen molar-refractivity contribution in [2.24, 2.45) is 0 Å². The summed E-state index contributed by atoms with van der Waals surface area (Å²) in [6, 6.07) is 2.00. The Morgan fingerprint density at radius 2 is 2.00 bits per heavy atom. The maximum absolute atomic E-state index is 12.4. The van der Waals surface area contributed by atoms with E-state index in [1.807, 2.05) is 0 Å². The van der Waals surface area contributed by atoms with Crippen molar-refractivity contribution in [1.82, 2.24) is 4.90 Å². The van der Waals surface area contributed by atoms with Crippen LogP contribution in [0.15, 0.2) is 28.3 Å². The molecule has 0 spiro atoms. The van der Waals surface area contributed by atoms with E-state index in [1.165, 1.54) is 4.90 Å². The molecular formula is C14H14Cl2N2O7S. The van der Waals surface area contributed by atoms with E-state index in [9.17, 15) is 18.0 Å². The van der Waals surface area contributed by atoms with Crippen molar-refractivity contribution in [3.63, 3.8) is 0 Å². The number of aliphatic hydroxyl groups is 1. The minimum atomic E-state index is -4.59. The van der Waals surface area contributed by atoms with Gasteiger partial charge >= 0.3 is 5.97 Å². The van der Waals surface area contributed by atoms with Gasteiger partial charge in [-0.25, -0.2) is 4.79 Å². The van der Waals surface area contributed by atoms with Crippen LogP contribution in [-0.4, -0.2) is 61.7 Å². The second-order valence-electron chi connectivity index (χ2n) is 5.16. The van der Waals surface area contributed by atoms with Crippen LogP contribution >= 0.6 is 23.2 Å². The minimum Gasteiger partial charge on any atom is -0.466 e. The van der Waals surface area contributed by atoms with Crippen molar-refractivity contribution in [2.45, 2.75) is 4.90 Å². The van der Waals surface area contributed by atoms with Gasteiger partial charge in [0, 0.05) is 6.54 Å². The van der Waals surface area contributed by atoms with E-state index in [0.29, 0.717) is 0 Å². The summed E-state index contributed by atoms with van der Waals surface area (Å²) in [5.41, 5.74) is -0.0838. The van der Waals surface area contributed by atoms with Gasteiger partial charge in [0.25, 0.3) is 16.0 Å². The van der Waals surface area contributed by atoms with E-state index in [0.717, 1.165) is 19.2 Å². The summed E-state index contributed by atoms with van der Waals surface area (Å²) in [7, 11) is -3.44. The van der Waals surface area contributed by atoms with E-state index in [-0.39, 0.29) is 46.7 Å². The summed E-state index contributed by atoms with van der Waals surface area (Å²) in [6.07, 6.45) is 0. The molecule has 0 bridgehead atoms. The number of amides is 1. The van der Waals surface area contributed by atoms with Crippen LogP contribution in [0.1, 0.15) is 0 Å². The third-order valence-electron chi connectivity index (χ3n) is 3.51. The third-order valence-corrected chi connectivity index (χ3v) is 5.14. The number of anilines is 1. The molecule has 1 aromatic rings. The minimum absolute atomic E-state index is 0.000684. The first kappa shape index (κ1) is 20.5. The van der Waals surface area contributed by atoms with Crippen LogP contribution in [0.2, 0.25) is 10.0 Å².